The second kappa shape index (κ2) is 3.58. The molecule has 0 radical (unpaired) electrons. The fourth-order valence-electron chi connectivity index (χ4n) is 1.13. The first kappa shape index (κ1) is 8.34. The molecule has 0 fully saturated rings. The van der Waals surface area contributed by atoms with Crippen LogP contribution in [0.1, 0.15) is 12.6 Å². The maximum atomic E-state index is 8.82. The smallest absolute Gasteiger partial charge is 0.0460 e. The van der Waals surface area contributed by atoms with E-state index >= 15 is 0 Å². The lowest BCUT2D eigenvalue weighted by molar-refractivity contribution is 0.235. The molecule has 0 saturated heterocycles. The van der Waals surface area contributed by atoms with Gasteiger partial charge in [0.1, 0.15) is 0 Å². The van der Waals surface area contributed by atoms with Gasteiger partial charge in [-0.25, -0.2) is 0 Å². The van der Waals surface area contributed by atoms with Crippen LogP contribution in [0.15, 0.2) is 18.3 Å². The van der Waals surface area contributed by atoms with Gasteiger partial charge in [0.25, 0.3) is 0 Å². The molecule has 11 heavy (non-hydrogen) atoms. The fraction of sp³-hybridized carbons (Fsp3) is 0.556. The Morgan fingerprint density at radius 3 is 2.82 bits per heavy atom. The van der Waals surface area contributed by atoms with Gasteiger partial charge in [0, 0.05) is 25.5 Å². The average molecular weight is 153 g/mol. The summed E-state index contributed by atoms with van der Waals surface area (Å²) in [4.78, 5) is 0. The van der Waals surface area contributed by atoms with Gasteiger partial charge in [-0.1, -0.05) is 6.92 Å². The van der Waals surface area contributed by atoms with Crippen molar-refractivity contribution in [2.75, 3.05) is 6.61 Å². The van der Waals surface area contributed by atoms with Crippen molar-refractivity contribution in [1.29, 1.82) is 0 Å². The number of hydrogen-bond acceptors (Lipinski definition) is 1. The van der Waals surface area contributed by atoms with Crippen LogP contribution in [0.25, 0.3) is 0 Å². The number of aryl methyl sites for hydroxylation is 1. The summed E-state index contributed by atoms with van der Waals surface area (Å²) in [5.41, 5.74) is 1.28. The Bertz CT molecular complexity index is 217. The minimum atomic E-state index is 0.269. The van der Waals surface area contributed by atoms with E-state index in [1.165, 1.54) is 5.69 Å². The summed E-state index contributed by atoms with van der Waals surface area (Å²) >= 11 is 0. The quantitative estimate of drug-likeness (QED) is 0.693. The normalized spacial score (nSPS) is 13.4. The van der Waals surface area contributed by atoms with E-state index in [2.05, 4.69) is 10.6 Å². The molecule has 0 aliphatic carbocycles. The number of hydrogen-bond donors (Lipinski definition) is 1. The summed E-state index contributed by atoms with van der Waals surface area (Å²) in [5, 5.41) is 8.82. The van der Waals surface area contributed by atoms with E-state index < -0.39 is 0 Å². The average Bonchev–Trinajstić information content (AvgIpc) is 2.37. The minimum absolute atomic E-state index is 0.269. The molecule has 0 amide bonds. The second-order valence-electron chi connectivity index (χ2n) is 3.10. The first-order valence-electron chi connectivity index (χ1n) is 3.95. The first-order chi connectivity index (χ1) is 5.24. The molecular formula is C9H15NO. The predicted molar refractivity (Wildman–Crippen MR) is 45.4 cm³/mol. The van der Waals surface area contributed by atoms with E-state index in [0.717, 1.165) is 6.42 Å². The highest BCUT2D eigenvalue weighted by Crippen LogP contribution is 2.07. The number of aliphatic hydroxyl groups is 1. The molecular weight excluding hydrogens is 138 g/mol. The van der Waals surface area contributed by atoms with E-state index in [0.29, 0.717) is 5.92 Å². The van der Waals surface area contributed by atoms with Crippen LogP contribution in [0.5, 0.6) is 0 Å². The molecule has 1 N–H and O–H groups in total. The van der Waals surface area contributed by atoms with E-state index in [-0.39, 0.29) is 6.61 Å². The zero-order valence-corrected chi connectivity index (χ0v) is 7.12. The van der Waals surface area contributed by atoms with Crippen LogP contribution >= 0.6 is 0 Å². The topological polar surface area (TPSA) is 25.2 Å². The second-order valence-corrected chi connectivity index (χ2v) is 3.10. The molecule has 0 aromatic carbocycles. The number of aliphatic hydroxyl groups excluding tert-OH is 1. The number of nitrogens with zero attached hydrogens (tertiary/aromatic N) is 1. The Labute approximate surface area is 67.5 Å². The van der Waals surface area contributed by atoms with Crippen molar-refractivity contribution in [3.8, 4) is 0 Å². The minimum Gasteiger partial charge on any atom is -0.396 e. The van der Waals surface area contributed by atoms with Gasteiger partial charge in [0.2, 0.25) is 0 Å². The highest BCUT2D eigenvalue weighted by Gasteiger charge is 2.03. The Kier molecular flexibility index (Phi) is 2.71. The van der Waals surface area contributed by atoms with Crippen LogP contribution in [0.3, 0.4) is 0 Å². The third-order valence-electron chi connectivity index (χ3n) is 1.92. The summed E-state index contributed by atoms with van der Waals surface area (Å²) in [6, 6.07) is 4.12. The lowest BCUT2D eigenvalue weighted by atomic mass is 10.1. The Morgan fingerprint density at radius 1 is 1.64 bits per heavy atom. The molecule has 1 atom stereocenters. The molecule has 2 nitrogen and oxygen atoms in total. The van der Waals surface area contributed by atoms with Gasteiger partial charge >= 0.3 is 0 Å². The van der Waals surface area contributed by atoms with Gasteiger partial charge in [-0.05, 0) is 24.5 Å². The molecule has 1 aromatic rings. The van der Waals surface area contributed by atoms with Crippen molar-refractivity contribution in [3.05, 3.63) is 24.0 Å². The van der Waals surface area contributed by atoms with E-state index in [1.807, 2.05) is 26.2 Å². The van der Waals surface area contributed by atoms with Gasteiger partial charge in [-0.2, -0.15) is 0 Å². The van der Waals surface area contributed by atoms with Crippen LogP contribution in [-0.2, 0) is 13.5 Å². The molecule has 1 aromatic heterocycles. The third kappa shape index (κ3) is 2.09. The van der Waals surface area contributed by atoms with Crippen molar-refractivity contribution in [3.63, 3.8) is 0 Å². The zero-order chi connectivity index (χ0) is 8.27. The lowest BCUT2D eigenvalue weighted by Crippen LogP contribution is -2.07. The Morgan fingerprint density at radius 2 is 2.36 bits per heavy atom. The number of aromatic nitrogens is 1. The van der Waals surface area contributed by atoms with E-state index in [1.54, 1.807) is 0 Å². The van der Waals surface area contributed by atoms with Crippen LogP contribution < -0.4 is 0 Å². The van der Waals surface area contributed by atoms with Crippen LogP contribution in [-0.4, -0.2) is 16.3 Å². The standard InChI is InChI=1S/C9H15NO/c1-8(7-11)6-9-4-3-5-10(9)2/h3-5,8,11H,6-7H2,1-2H3/t8-/m0/s1. The highest BCUT2D eigenvalue weighted by atomic mass is 16.3. The molecule has 1 rings (SSSR count). The monoisotopic (exact) mass is 153 g/mol. The Hall–Kier alpha value is -0.760. The van der Waals surface area contributed by atoms with Crippen LogP contribution in [0.2, 0.25) is 0 Å². The Balaban J connectivity index is 2.56. The highest BCUT2D eigenvalue weighted by molar-refractivity contribution is 5.06. The van der Waals surface area contributed by atoms with Gasteiger partial charge < -0.3 is 9.67 Å². The van der Waals surface area contributed by atoms with Gasteiger partial charge in [-0.15, -0.1) is 0 Å². The molecule has 0 aliphatic heterocycles. The van der Waals surface area contributed by atoms with E-state index in [9.17, 15) is 0 Å². The molecule has 0 bridgehead atoms. The predicted octanol–water partition coefficient (Wildman–Crippen LogP) is 1.20. The summed E-state index contributed by atoms with van der Waals surface area (Å²) in [6.45, 7) is 2.32. The molecule has 0 unspecified atom stereocenters. The van der Waals surface area contributed by atoms with Gasteiger partial charge in [-0.3, -0.25) is 0 Å². The van der Waals surface area contributed by atoms with Crippen molar-refractivity contribution < 1.29 is 5.11 Å². The third-order valence-corrected chi connectivity index (χ3v) is 1.92. The van der Waals surface area contributed by atoms with Crippen molar-refractivity contribution in [2.45, 2.75) is 13.3 Å². The van der Waals surface area contributed by atoms with Crippen molar-refractivity contribution >= 4 is 0 Å². The molecule has 62 valence electrons. The van der Waals surface area contributed by atoms with E-state index in [4.69, 9.17) is 5.11 Å². The number of rotatable bonds is 3. The molecule has 1 heterocycles. The van der Waals surface area contributed by atoms with Crippen LogP contribution in [0, 0.1) is 5.92 Å². The summed E-state index contributed by atoms with van der Waals surface area (Å²) in [6.07, 6.45) is 2.99. The molecule has 2 heteroatoms. The SMILES string of the molecule is C[C@H](CO)Cc1cccn1C. The summed E-state index contributed by atoms with van der Waals surface area (Å²) in [7, 11) is 2.03. The van der Waals surface area contributed by atoms with Crippen molar-refractivity contribution in [1.82, 2.24) is 4.57 Å². The first-order valence-corrected chi connectivity index (χ1v) is 3.95. The molecule has 0 spiro atoms. The van der Waals surface area contributed by atoms with Gasteiger partial charge in [0.15, 0.2) is 0 Å². The lowest BCUT2D eigenvalue weighted by Gasteiger charge is -2.07. The zero-order valence-electron chi connectivity index (χ0n) is 7.12. The largest absolute Gasteiger partial charge is 0.396 e. The molecule has 0 saturated carbocycles. The maximum absolute atomic E-state index is 8.82. The fourth-order valence-corrected chi connectivity index (χ4v) is 1.13. The summed E-state index contributed by atoms with van der Waals surface area (Å²) < 4.78 is 2.09. The maximum Gasteiger partial charge on any atom is 0.0460 e. The summed E-state index contributed by atoms with van der Waals surface area (Å²) in [5.74, 6) is 0.364. The van der Waals surface area contributed by atoms with Crippen molar-refractivity contribution in [2.24, 2.45) is 13.0 Å². The molecule has 0 aliphatic rings. The van der Waals surface area contributed by atoms with Crippen LogP contribution in [0.4, 0.5) is 0 Å². The van der Waals surface area contributed by atoms with Gasteiger partial charge in [0.05, 0.1) is 0 Å².